The van der Waals surface area contributed by atoms with E-state index in [2.05, 4.69) is 19.9 Å². The lowest BCUT2D eigenvalue weighted by Gasteiger charge is -2.13. The number of hydrogen-bond donors (Lipinski definition) is 2. The lowest BCUT2D eigenvalue weighted by molar-refractivity contribution is -0.114. The Morgan fingerprint density at radius 3 is 2.85 bits per heavy atom. The Morgan fingerprint density at radius 2 is 2.19 bits per heavy atom. The molecule has 1 amide bonds. The number of halogens is 2. The molecule has 4 rings (SSSR count). The molecule has 0 aromatic carbocycles. The molecular weight excluding hydrogens is 354 g/mol. The van der Waals surface area contributed by atoms with Gasteiger partial charge in [-0.2, -0.15) is 8.78 Å². The number of aliphatic hydroxyl groups excluding tert-OH is 1. The maximum absolute atomic E-state index is 13.9. The maximum atomic E-state index is 13.9. The molecule has 0 bridgehead atoms. The molecule has 0 aliphatic heterocycles. The van der Waals surface area contributed by atoms with Gasteiger partial charge in [-0.1, -0.05) is 6.07 Å². The van der Waals surface area contributed by atoms with Gasteiger partial charge in [0, 0.05) is 30.1 Å². The topological polar surface area (TPSA) is 80.0 Å². The highest BCUT2D eigenvalue weighted by atomic mass is 19.3. The van der Waals surface area contributed by atoms with Gasteiger partial charge in [-0.15, -0.1) is 0 Å². The van der Waals surface area contributed by atoms with Gasteiger partial charge in [0.05, 0.1) is 17.4 Å². The first-order chi connectivity index (χ1) is 12.9. The molecule has 3 heterocycles. The van der Waals surface area contributed by atoms with Crippen LogP contribution < -0.4 is 5.32 Å². The predicted molar refractivity (Wildman–Crippen MR) is 96.5 cm³/mol. The molecule has 1 saturated carbocycles. The number of alkyl halides is 2. The van der Waals surface area contributed by atoms with Gasteiger partial charge in [-0.3, -0.25) is 4.79 Å². The van der Waals surface area contributed by atoms with E-state index in [1.54, 1.807) is 18.3 Å². The first kappa shape index (κ1) is 17.5. The van der Waals surface area contributed by atoms with Crippen molar-refractivity contribution in [3.8, 4) is 11.3 Å². The molecule has 0 unspecified atom stereocenters. The van der Waals surface area contributed by atoms with Crippen LogP contribution in [0.4, 0.5) is 14.6 Å². The summed E-state index contributed by atoms with van der Waals surface area (Å²) in [6, 6.07) is 6.43. The third-order valence-electron chi connectivity index (χ3n) is 4.56. The Bertz CT molecular complexity index is 1030. The van der Waals surface area contributed by atoms with E-state index in [1.807, 2.05) is 6.20 Å². The largest absolute Gasteiger partial charge is 0.390 e. The average molecular weight is 372 g/mol. The molecule has 1 fully saturated rings. The van der Waals surface area contributed by atoms with Crippen LogP contribution >= 0.6 is 0 Å². The molecule has 1 aliphatic carbocycles. The number of pyridine rings is 2. The molecule has 140 valence electrons. The van der Waals surface area contributed by atoms with E-state index < -0.39 is 18.2 Å². The van der Waals surface area contributed by atoms with Gasteiger partial charge >= 0.3 is 5.92 Å². The fourth-order valence-electron chi connectivity index (χ4n) is 3.12. The number of aliphatic hydroxyl groups is 1. The van der Waals surface area contributed by atoms with E-state index in [0.29, 0.717) is 23.1 Å². The van der Waals surface area contributed by atoms with Gasteiger partial charge in [-0.05, 0) is 31.0 Å². The zero-order valence-electron chi connectivity index (χ0n) is 14.6. The fourth-order valence-corrected chi connectivity index (χ4v) is 3.12. The minimum Gasteiger partial charge on any atom is -0.390 e. The second kappa shape index (κ2) is 6.38. The molecular formula is C19H18F2N4O2. The number of nitrogens with one attached hydrogen (secondary N) is 1. The zero-order chi connectivity index (χ0) is 19.2. The Morgan fingerprint density at radius 1 is 1.41 bits per heavy atom. The van der Waals surface area contributed by atoms with Gasteiger partial charge in [0.15, 0.2) is 0 Å². The number of rotatable bonds is 5. The monoisotopic (exact) mass is 372 g/mol. The SMILES string of the molecule is CC(=O)Nc1cc2c(-c3cccc(C(F)(F)CO)n3)cn(C3CC3)c2cn1. The molecule has 0 spiro atoms. The summed E-state index contributed by atoms with van der Waals surface area (Å²) >= 11 is 0. The molecule has 1 aliphatic rings. The Hall–Kier alpha value is -2.87. The van der Waals surface area contributed by atoms with E-state index in [1.165, 1.54) is 19.1 Å². The number of carbonyl (C=O) groups excluding carboxylic acids is 1. The van der Waals surface area contributed by atoms with Crippen LogP contribution in [0.2, 0.25) is 0 Å². The van der Waals surface area contributed by atoms with Crippen molar-refractivity contribution in [2.75, 3.05) is 11.9 Å². The summed E-state index contributed by atoms with van der Waals surface area (Å²) in [6.45, 7) is 0.0913. The first-order valence-corrected chi connectivity index (χ1v) is 8.64. The van der Waals surface area contributed by atoms with Crippen LogP contribution in [-0.2, 0) is 10.7 Å². The third kappa shape index (κ3) is 3.28. The van der Waals surface area contributed by atoms with Crippen LogP contribution in [0.5, 0.6) is 0 Å². The second-order valence-corrected chi connectivity index (χ2v) is 6.72. The summed E-state index contributed by atoms with van der Waals surface area (Å²) in [7, 11) is 0. The number of anilines is 1. The van der Waals surface area contributed by atoms with Crippen molar-refractivity contribution in [2.45, 2.75) is 31.7 Å². The van der Waals surface area contributed by atoms with Crippen LogP contribution in [0.1, 0.15) is 31.5 Å². The van der Waals surface area contributed by atoms with E-state index >= 15 is 0 Å². The van der Waals surface area contributed by atoms with Gasteiger partial charge in [0.1, 0.15) is 18.1 Å². The minimum atomic E-state index is -3.41. The maximum Gasteiger partial charge on any atom is 0.312 e. The smallest absolute Gasteiger partial charge is 0.312 e. The van der Waals surface area contributed by atoms with Crippen molar-refractivity contribution < 1.29 is 18.7 Å². The third-order valence-corrected chi connectivity index (χ3v) is 4.56. The summed E-state index contributed by atoms with van der Waals surface area (Å²) in [5.74, 6) is -3.26. The number of aromatic nitrogens is 3. The normalized spacial score (nSPS) is 14.5. The van der Waals surface area contributed by atoms with E-state index in [4.69, 9.17) is 5.11 Å². The van der Waals surface area contributed by atoms with Crippen molar-refractivity contribution in [1.82, 2.24) is 14.5 Å². The van der Waals surface area contributed by atoms with Crippen molar-refractivity contribution >= 4 is 22.6 Å². The minimum absolute atomic E-state index is 0.243. The summed E-state index contributed by atoms with van der Waals surface area (Å²) in [4.78, 5) is 19.7. The highest BCUT2D eigenvalue weighted by molar-refractivity contribution is 5.98. The van der Waals surface area contributed by atoms with E-state index in [0.717, 1.165) is 23.7 Å². The number of nitrogens with zero attached hydrogens (tertiary/aromatic N) is 3. The number of fused-ring (bicyclic) bond motifs is 1. The molecule has 0 atom stereocenters. The molecule has 0 radical (unpaired) electrons. The Balaban J connectivity index is 1.88. The molecule has 3 aromatic heterocycles. The number of carbonyl (C=O) groups is 1. The van der Waals surface area contributed by atoms with Gasteiger partial charge in [0.2, 0.25) is 5.91 Å². The van der Waals surface area contributed by atoms with Crippen LogP contribution in [0.3, 0.4) is 0 Å². The standard InChI is InChI=1S/C19H18F2N4O2/c1-11(27)23-18-7-13-14(9-25(12-5-6-12)16(13)8-22-18)15-3-2-4-17(24-15)19(20,21)10-26/h2-4,7-9,12,26H,5-6,10H2,1H3,(H,22,23,27). The van der Waals surface area contributed by atoms with Crippen LogP contribution in [0.25, 0.3) is 22.2 Å². The molecule has 3 aromatic rings. The van der Waals surface area contributed by atoms with E-state index in [9.17, 15) is 13.6 Å². The van der Waals surface area contributed by atoms with Gasteiger partial charge < -0.3 is 15.0 Å². The molecule has 6 nitrogen and oxygen atoms in total. The average Bonchev–Trinajstić information content (AvgIpc) is 3.42. The van der Waals surface area contributed by atoms with Crippen LogP contribution in [0.15, 0.2) is 36.7 Å². The van der Waals surface area contributed by atoms with Crippen molar-refractivity contribution in [2.24, 2.45) is 0 Å². The summed E-state index contributed by atoms with van der Waals surface area (Å²) in [5, 5.41) is 12.4. The Labute approximate surface area is 153 Å². The van der Waals surface area contributed by atoms with Crippen molar-refractivity contribution in [1.29, 1.82) is 0 Å². The summed E-state index contributed by atoms with van der Waals surface area (Å²) in [6.07, 6.45) is 5.67. The first-order valence-electron chi connectivity index (χ1n) is 8.64. The van der Waals surface area contributed by atoms with E-state index in [-0.39, 0.29) is 5.91 Å². The highest BCUT2D eigenvalue weighted by Crippen LogP contribution is 2.41. The summed E-state index contributed by atoms with van der Waals surface area (Å²) < 4.78 is 29.8. The van der Waals surface area contributed by atoms with Crippen LogP contribution in [0, 0.1) is 0 Å². The molecule has 27 heavy (non-hydrogen) atoms. The molecule has 0 saturated heterocycles. The second-order valence-electron chi connectivity index (χ2n) is 6.72. The van der Waals surface area contributed by atoms with Gasteiger partial charge in [0.25, 0.3) is 0 Å². The number of hydrogen-bond acceptors (Lipinski definition) is 4. The van der Waals surface area contributed by atoms with Crippen molar-refractivity contribution in [3.05, 3.63) is 42.4 Å². The number of amides is 1. The molecule has 2 N–H and O–H groups in total. The Kier molecular flexibility index (Phi) is 4.15. The lowest BCUT2D eigenvalue weighted by atomic mass is 10.1. The highest BCUT2D eigenvalue weighted by Gasteiger charge is 2.33. The predicted octanol–water partition coefficient (Wildman–Crippen LogP) is 3.48. The van der Waals surface area contributed by atoms with Crippen molar-refractivity contribution in [3.63, 3.8) is 0 Å². The van der Waals surface area contributed by atoms with Gasteiger partial charge in [-0.25, -0.2) is 9.97 Å². The zero-order valence-corrected chi connectivity index (χ0v) is 14.6. The fraction of sp³-hybridized carbons (Fsp3) is 0.316. The summed E-state index contributed by atoms with van der Waals surface area (Å²) in [5.41, 5.74) is 1.44. The molecule has 8 heteroatoms. The quantitative estimate of drug-likeness (QED) is 0.719. The lowest BCUT2D eigenvalue weighted by Crippen LogP contribution is -2.20. The van der Waals surface area contributed by atoms with Crippen LogP contribution in [-0.4, -0.2) is 32.2 Å².